The Morgan fingerprint density at radius 3 is 2.21 bits per heavy atom. The van der Waals surface area contributed by atoms with Gasteiger partial charge in [0, 0.05) is 36.0 Å². The highest BCUT2D eigenvalue weighted by Crippen LogP contribution is 2.31. The third kappa shape index (κ3) is 6.87. The van der Waals surface area contributed by atoms with E-state index in [9.17, 15) is 35.4 Å². The van der Waals surface area contributed by atoms with Crippen LogP contribution in [0, 0.1) is 5.92 Å². The Labute approximate surface area is 217 Å². The van der Waals surface area contributed by atoms with Gasteiger partial charge in [0.2, 0.25) is 5.91 Å². The fourth-order valence-electron chi connectivity index (χ4n) is 4.77. The monoisotopic (exact) mass is 551 g/mol. The van der Waals surface area contributed by atoms with Gasteiger partial charge in [0.1, 0.15) is 55.4 Å². The molecule has 0 radical (unpaired) electrons. The molecule has 1 aliphatic carbocycles. The van der Waals surface area contributed by atoms with Crippen molar-refractivity contribution < 1.29 is 54.4 Å². The average Bonchev–Trinajstić information content (AvgIpc) is 2.88. The summed E-state index contributed by atoms with van der Waals surface area (Å²) >= 11 is 0. The Balaban J connectivity index is 1.68. The highest BCUT2D eigenvalue weighted by Gasteiger charge is 2.51. The van der Waals surface area contributed by atoms with Crippen LogP contribution in [-0.2, 0) is 23.7 Å². The van der Waals surface area contributed by atoms with E-state index < -0.39 is 98.0 Å². The Morgan fingerprint density at radius 2 is 1.61 bits per heavy atom. The van der Waals surface area contributed by atoms with Crippen molar-refractivity contribution in [2.75, 3.05) is 26.2 Å². The highest BCUT2D eigenvalue weighted by atomic mass is 16.7. The topological polar surface area (TPSA) is 314 Å². The number of aliphatic hydroxyl groups excluding tert-OH is 6. The van der Waals surface area contributed by atoms with Gasteiger partial charge >= 0.3 is 0 Å². The van der Waals surface area contributed by atoms with Crippen molar-refractivity contribution in [3.63, 3.8) is 0 Å². The van der Waals surface area contributed by atoms with Crippen LogP contribution >= 0.6 is 0 Å². The number of amides is 1. The molecule has 0 bridgehead atoms. The second-order valence-corrected chi connectivity index (χ2v) is 9.62. The van der Waals surface area contributed by atoms with Crippen molar-refractivity contribution in [3.05, 3.63) is 10.4 Å². The first kappa shape index (κ1) is 30.8. The van der Waals surface area contributed by atoms with Crippen molar-refractivity contribution in [2.45, 2.75) is 86.0 Å². The lowest BCUT2D eigenvalue weighted by molar-refractivity contribution is -0.329. The van der Waals surface area contributed by atoms with Crippen molar-refractivity contribution in [1.29, 1.82) is 0 Å². The largest absolute Gasteiger partial charge is 0.390 e. The molecule has 18 heteroatoms. The molecule has 1 saturated carbocycles. The third-order valence-corrected chi connectivity index (χ3v) is 7.01. The molecule has 0 aromatic heterocycles. The highest BCUT2D eigenvalue weighted by molar-refractivity contribution is 5.78. The maximum atomic E-state index is 11.7. The minimum atomic E-state index is -1.76. The minimum absolute atomic E-state index is 0.0420. The number of nitrogens with zero attached hydrogens (tertiary/aromatic N) is 3. The van der Waals surface area contributed by atoms with E-state index in [1.807, 2.05) is 0 Å². The number of rotatable bonds is 9. The summed E-state index contributed by atoms with van der Waals surface area (Å²) in [5.41, 5.74) is 26.2. The summed E-state index contributed by atoms with van der Waals surface area (Å²) in [7, 11) is 0. The van der Waals surface area contributed by atoms with Crippen LogP contribution in [0.15, 0.2) is 5.11 Å². The zero-order valence-electron chi connectivity index (χ0n) is 20.4. The van der Waals surface area contributed by atoms with Gasteiger partial charge in [-0.3, -0.25) is 4.79 Å². The Hall–Kier alpha value is -1.74. The molecule has 2 aliphatic heterocycles. The fourth-order valence-corrected chi connectivity index (χ4v) is 4.77. The molecule has 18 nitrogen and oxygen atoms in total. The number of ether oxygens (including phenoxy) is 4. The van der Waals surface area contributed by atoms with Crippen molar-refractivity contribution in [2.24, 2.45) is 28.2 Å². The fraction of sp³-hybridized carbons (Fsp3) is 0.950. The number of carbonyl (C=O) groups is 1. The van der Waals surface area contributed by atoms with Gasteiger partial charge in [-0.25, -0.2) is 0 Å². The molecule has 38 heavy (non-hydrogen) atoms. The first-order valence-corrected chi connectivity index (χ1v) is 12.1. The van der Waals surface area contributed by atoms with Gasteiger partial charge in [-0.05, 0) is 12.0 Å². The molecule has 3 aliphatic rings. The van der Waals surface area contributed by atoms with Crippen LogP contribution in [0.5, 0.6) is 0 Å². The van der Waals surface area contributed by atoms with E-state index in [1.165, 1.54) is 0 Å². The van der Waals surface area contributed by atoms with Crippen LogP contribution in [0.1, 0.15) is 6.42 Å². The zero-order valence-corrected chi connectivity index (χ0v) is 20.4. The Morgan fingerprint density at radius 1 is 0.974 bits per heavy atom. The molecule has 0 spiro atoms. The van der Waals surface area contributed by atoms with Crippen LogP contribution < -0.4 is 22.5 Å². The number of carbonyl (C=O) groups excluding carboxylic acids is 1. The van der Waals surface area contributed by atoms with Gasteiger partial charge in [-0.1, -0.05) is 5.11 Å². The molecule has 5 unspecified atom stereocenters. The van der Waals surface area contributed by atoms with Crippen LogP contribution in [0.4, 0.5) is 0 Å². The second-order valence-electron chi connectivity index (χ2n) is 9.62. The SMILES string of the molecule is [N-]=[N+]=NCC(=O)NCC1O[C@@H](O[C@H]2C(N)C[C@@H](N)[C@H](O[C@H]3OC[C@@H](O)[C@H](CN)C3O)C2O)[C@H](O)C(O)[C@H]1O. The van der Waals surface area contributed by atoms with E-state index in [0.29, 0.717) is 0 Å². The minimum Gasteiger partial charge on any atom is -0.390 e. The Bertz CT molecular complexity index is 839. The normalized spacial score (nSPS) is 45.7. The van der Waals surface area contributed by atoms with E-state index in [1.54, 1.807) is 0 Å². The van der Waals surface area contributed by atoms with Crippen molar-refractivity contribution in [1.82, 2.24) is 5.32 Å². The summed E-state index contributed by atoms with van der Waals surface area (Å²) in [6.07, 6.45) is -15.4. The number of hydrogen-bond acceptors (Lipinski definition) is 15. The molecular formula is C20H37N7O11. The molecule has 1 amide bonds. The number of nitrogens with one attached hydrogen (secondary N) is 1. The standard InChI is InChI=1S/C20H37N7O11/c21-2-6-9(28)5-35-19(12(6)30)37-17-7(22)1-8(23)18(16(17)34)38-20-15(33)14(32)13(31)10(36-20)3-25-11(29)4-26-27-24/h6-10,12-20,28,30-34H,1-5,21-23H2,(H,25,29)/t6-,7+,8?,9+,10?,12?,13-,14?,15+,16?,17-,18-,19+,20-/m0/s1. The van der Waals surface area contributed by atoms with Crippen LogP contribution in [-0.4, -0.2) is 142 Å². The lowest BCUT2D eigenvalue weighted by atomic mass is 9.84. The molecular weight excluding hydrogens is 514 g/mol. The van der Waals surface area contributed by atoms with E-state index in [2.05, 4.69) is 15.3 Å². The summed E-state index contributed by atoms with van der Waals surface area (Å²) in [5.74, 6) is -1.41. The molecule has 218 valence electrons. The van der Waals surface area contributed by atoms with E-state index >= 15 is 0 Å². The smallest absolute Gasteiger partial charge is 0.225 e. The first-order valence-electron chi connectivity index (χ1n) is 12.1. The van der Waals surface area contributed by atoms with E-state index in [4.69, 9.17) is 41.7 Å². The van der Waals surface area contributed by atoms with Gasteiger partial charge in [0.25, 0.3) is 0 Å². The van der Waals surface area contributed by atoms with Crippen molar-refractivity contribution >= 4 is 5.91 Å². The Kier molecular flexibility index (Phi) is 11.0. The third-order valence-electron chi connectivity index (χ3n) is 7.01. The predicted octanol–water partition coefficient (Wildman–Crippen LogP) is -5.94. The molecule has 14 atom stereocenters. The van der Waals surface area contributed by atoms with E-state index in [0.717, 1.165) is 0 Å². The number of azide groups is 1. The molecule has 2 heterocycles. The van der Waals surface area contributed by atoms with Gasteiger partial charge in [-0.15, -0.1) is 0 Å². The summed E-state index contributed by atoms with van der Waals surface area (Å²) in [6.45, 7) is -1.03. The number of hydrogen-bond donors (Lipinski definition) is 10. The summed E-state index contributed by atoms with van der Waals surface area (Å²) in [5, 5.41) is 68.0. The molecule has 2 saturated heterocycles. The second kappa shape index (κ2) is 13.6. The first-order chi connectivity index (χ1) is 18.0. The number of nitrogens with two attached hydrogens (primary N) is 3. The summed E-state index contributed by atoms with van der Waals surface area (Å²) in [4.78, 5) is 14.2. The molecule has 3 rings (SSSR count). The van der Waals surface area contributed by atoms with Crippen LogP contribution in [0.25, 0.3) is 10.4 Å². The molecule has 3 fully saturated rings. The molecule has 0 aromatic rings. The zero-order chi connectivity index (χ0) is 28.1. The predicted molar refractivity (Wildman–Crippen MR) is 124 cm³/mol. The van der Waals surface area contributed by atoms with Crippen LogP contribution in [0.3, 0.4) is 0 Å². The van der Waals surface area contributed by atoms with Gasteiger partial charge in [0.05, 0.1) is 12.7 Å². The summed E-state index contributed by atoms with van der Waals surface area (Å²) in [6, 6.07) is -1.69. The lowest BCUT2D eigenvalue weighted by Crippen LogP contribution is -2.67. The molecule has 13 N–H and O–H groups in total. The quantitative estimate of drug-likeness (QED) is 0.0724. The summed E-state index contributed by atoms with van der Waals surface area (Å²) < 4.78 is 22.5. The lowest BCUT2D eigenvalue weighted by Gasteiger charge is -2.47. The average molecular weight is 552 g/mol. The maximum absolute atomic E-state index is 11.7. The van der Waals surface area contributed by atoms with Gasteiger partial charge in [0.15, 0.2) is 12.6 Å². The van der Waals surface area contributed by atoms with Crippen LogP contribution in [0.2, 0.25) is 0 Å². The number of aliphatic hydroxyl groups is 6. The van der Waals surface area contributed by atoms with Gasteiger partial charge < -0.3 is 72.1 Å². The van der Waals surface area contributed by atoms with Gasteiger partial charge in [-0.2, -0.15) is 0 Å². The molecule has 0 aromatic carbocycles. The van der Waals surface area contributed by atoms with E-state index in [-0.39, 0.29) is 26.1 Å². The maximum Gasteiger partial charge on any atom is 0.225 e. The van der Waals surface area contributed by atoms with Crippen molar-refractivity contribution in [3.8, 4) is 0 Å².